The summed E-state index contributed by atoms with van der Waals surface area (Å²) >= 11 is 1.18. The number of hydrogen-bond acceptors (Lipinski definition) is 6. The molecule has 0 aromatic heterocycles. The number of thioether (sulfide) groups is 1. The minimum absolute atomic E-state index is 0.0983. The molecule has 11 heteroatoms. The largest absolute Gasteiger partial charge is 0.507 e. The predicted octanol–water partition coefficient (Wildman–Crippen LogP) is 7.11. The van der Waals surface area contributed by atoms with Gasteiger partial charge in [-0.25, -0.2) is 9.18 Å². The van der Waals surface area contributed by atoms with Crippen molar-refractivity contribution in [1.82, 2.24) is 5.32 Å². The molecule has 5 aromatic carbocycles. The molecule has 0 radical (unpaired) electrons. The van der Waals surface area contributed by atoms with Crippen molar-refractivity contribution in [3.8, 4) is 5.75 Å². The first-order chi connectivity index (χ1) is 23.2. The lowest BCUT2D eigenvalue weighted by atomic mass is 10.1. The summed E-state index contributed by atoms with van der Waals surface area (Å²) in [5.74, 6) is -4.07. The summed E-state index contributed by atoms with van der Waals surface area (Å²) in [5, 5.41) is 26.5. The number of carboxylic acids is 1. The van der Waals surface area contributed by atoms with E-state index in [1.807, 2.05) is 0 Å². The number of phenols is 1. The highest BCUT2D eigenvalue weighted by Crippen LogP contribution is 2.37. The minimum Gasteiger partial charge on any atom is -0.507 e. The lowest BCUT2D eigenvalue weighted by Crippen LogP contribution is -2.30. The Balaban J connectivity index is 1.39. The predicted molar refractivity (Wildman–Crippen MR) is 182 cm³/mol. The maximum atomic E-state index is 14.5. The van der Waals surface area contributed by atoms with Gasteiger partial charge in [0.1, 0.15) is 28.1 Å². The molecule has 5 aromatic rings. The second-order valence-corrected chi connectivity index (χ2v) is 11.5. The van der Waals surface area contributed by atoms with E-state index in [4.69, 9.17) is 0 Å². The van der Waals surface area contributed by atoms with Crippen LogP contribution in [0.2, 0.25) is 0 Å². The zero-order valence-corrected chi connectivity index (χ0v) is 25.9. The molecule has 0 aliphatic carbocycles. The SMILES string of the molecule is O=C(Nc1cccc(SC(C(=O)Nc2ccc(O)c(C(=O)O)c2)c2ccccc2)c1)/C(=C/c1ccccc1F)NC(=O)c1ccccc1. The van der Waals surface area contributed by atoms with E-state index in [1.165, 1.54) is 54.2 Å². The average molecular weight is 662 g/mol. The molecular weight excluding hydrogens is 633 g/mol. The Morgan fingerprint density at radius 1 is 0.729 bits per heavy atom. The number of benzene rings is 5. The van der Waals surface area contributed by atoms with Gasteiger partial charge >= 0.3 is 5.97 Å². The zero-order chi connectivity index (χ0) is 34.0. The van der Waals surface area contributed by atoms with E-state index < -0.39 is 40.5 Å². The van der Waals surface area contributed by atoms with Gasteiger partial charge in [-0.2, -0.15) is 0 Å². The molecule has 1 atom stereocenters. The van der Waals surface area contributed by atoms with E-state index in [1.54, 1.807) is 91.0 Å². The normalized spacial score (nSPS) is 11.6. The third kappa shape index (κ3) is 8.53. The zero-order valence-electron chi connectivity index (χ0n) is 25.1. The molecule has 3 amide bonds. The summed E-state index contributed by atoms with van der Waals surface area (Å²) in [4.78, 5) is 52.1. The van der Waals surface area contributed by atoms with Crippen LogP contribution in [-0.4, -0.2) is 33.9 Å². The van der Waals surface area contributed by atoms with Crippen LogP contribution in [0.3, 0.4) is 0 Å². The lowest BCUT2D eigenvalue weighted by Gasteiger charge is -2.18. The third-order valence-electron chi connectivity index (χ3n) is 6.91. The number of rotatable bonds is 11. The Bertz CT molecular complexity index is 2000. The first kappa shape index (κ1) is 33.2. The van der Waals surface area contributed by atoms with Gasteiger partial charge in [-0.15, -0.1) is 11.8 Å². The molecule has 5 N–H and O–H groups in total. The van der Waals surface area contributed by atoms with Gasteiger partial charge in [0.15, 0.2) is 0 Å². The number of amides is 3. The van der Waals surface area contributed by atoms with E-state index >= 15 is 0 Å². The van der Waals surface area contributed by atoms with Crippen LogP contribution in [0.15, 0.2) is 138 Å². The Labute approximate surface area is 279 Å². The van der Waals surface area contributed by atoms with E-state index in [0.717, 1.165) is 0 Å². The van der Waals surface area contributed by atoms with Crippen molar-refractivity contribution >= 4 is 52.9 Å². The highest BCUT2D eigenvalue weighted by atomic mass is 32.2. The first-order valence-electron chi connectivity index (χ1n) is 14.5. The van der Waals surface area contributed by atoms with Crippen molar-refractivity contribution in [1.29, 1.82) is 0 Å². The maximum absolute atomic E-state index is 14.5. The number of nitrogens with one attached hydrogen (secondary N) is 3. The van der Waals surface area contributed by atoms with Gasteiger partial charge in [0.25, 0.3) is 11.8 Å². The molecule has 1 unspecified atom stereocenters. The smallest absolute Gasteiger partial charge is 0.339 e. The minimum atomic E-state index is -1.34. The lowest BCUT2D eigenvalue weighted by molar-refractivity contribution is -0.116. The molecule has 0 heterocycles. The standard InChI is InChI=1S/C37H28FN3O6S/c38-30-17-8-7-14-25(30)20-31(41-34(43)24-12-5-2-6-13-24)35(44)39-26-15-9-16-28(21-26)48-33(23-10-3-1-4-11-23)36(45)40-27-18-19-32(42)29(22-27)37(46)47/h1-22,33,42H,(H,39,44)(H,40,45)(H,41,43)(H,46,47)/b31-20-. The van der Waals surface area contributed by atoms with Crippen LogP contribution >= 0.6 is 11.8 Å². The van der Waals surface area contributed by atoms with Crippen molar-refractivity contribution in [2.45, 2.75) is 10.1 Å². The van der Waals surface area contributed by atoms with Crippen molar-refractivity contribution in [3.05, 3.63) is 161 Å². The van der Waals surface area contributed by atoms with Crippen molar-refractivity contribution in [3.63, 3.8) is 0 Å². The number of halogens is 1. The Hall–Kier alpha value is -6.20. The highest BCUT2D eigenvalue weighted by molar-refractivity contribution is 8.00. The van der Waals surface area contributed by atoms with Gasteiger partial charge in [-0.05, 0) is 66.2 Å². The third-order valence-corrected chi connectivity index (χ3v) is 8.16. The molecule has 0 fully saturated rings. The number of hydrogen-bond donors (Lipinski definition) is 5. The van der Waals surface area contributed by atoms with E-state index in [9.17, 15) is 33.8 Å². The number of carbonyl (C=O) groups excluding carboxylic acids is 3. The van der Waals surface area contributed by atoms with Gasteiger partial charge < -0.3 is 26.2 Å². The Kier molecular flexibility index (Phi) is 10.6. The van der Waals surface area contributed by atoms with Crippen molar-refractivity contribution < 1.29 is 33.8 Å². The van der Waals surface area contributed by atoms with Crippen LogP contribution in [0.5, 0.6) is 5.75 Å². The molecule has 0 saturated carbocycles. The summed E-state index contributed by atoms with van der Waals surface area (Å²) in [6.45, 7) is 0. The summed E-state index contributed by atoms with van der Waals surface area (Å²) in [5.41, 5.74) is 1.04. The fourth-order valence-corrected chi connectivity index (χ4v) is 5.65. The maximum Gasteiger partial charge on any atom is 0.339 e. The van der Waals surface area contributed by atoms with Gasteiger partial charge in [-0.1, -0.05) is 72.8 Å². The number of carboxylic acid groups (broad SMARTS) is 1. The van der Waals surface area contributed by atoms with Crippen LogP contribution in [-0.2, 0) is 9.59 Å². The molecule has 9 nitrogen and oxygen atoms in total. The van der Waals surface area contributed by atoms with Crippen LogP contribution in [0.4, 0.5) is 15.8 Å². The van der Waals surface area contributed by atoms with E-state index in [-0.39, 0.29) is 22.5 Å². The molecule has 0 aliphatic rings. The summed E-state index contributed by atoms with van der Waals surface area (Å²) < 4.78 is 14.5. The van der Waals surface area contributed by atoms with Gasteiger partial charge in [0.2, 0.25) is 5.91 Å². The molecule has 0 spiro atoms. The first-order valence-corrected chi connectivity index (χ1v) is 15.4. The fraction of sp³-hybridized carbons (Fsp3) is 0.0270. The molecular formula is C37H28FN3O6S. The second kappa shape index (κ2) is 15.4. The second-order valence-electron chi connectivity index (χ2n) is 10.3. The highest BCUT2D eigenvalue weighted by Gasteiger charge is 2.24. The van der Waals surface area contributed by atoms with Gasteiger partial charge in [-0.3, -0.25) is 14.4 Å². The molecule has 0 bridgehead atoms. The van der Waals surface area contributed by atoms with Crippen LogP contribution in [0.1, 0.15) is 37.1 Å². The Morgan fingerprint density at radius 2 is 1.40 bits per heavy atom. The van der Waals surface area contributed by atoms with Crippen LogP contribution in [0, 0.1) is 5.82 Å². The van der Waals surface area contributed by atoms with E-state index in [0.29, 0.717) is 21.7 Å². The van der Waals surface area contributed by atoms with Crippen LogP contribution < -0.4 is 16.0 Å². The molecule has 240 valence electrons. The molecule has 0 saturated heterocycles. The monoisotopic (exact) mass is 661 g/mol. The van der Waals surface area contributed by atoms with Gasteiger partial charge in [0.05, 0.1) is 0 Å². The number of aromatic carboxylic acids is 1. The summed E-state index contributed by atoms with van der Waals surface area (Å²) in [6.07, 6.45) is 1.25. The van der Waals surface area contributed by atoms with Crippen molar-refractivity contribution in [2.75, 3.05) is 10.6 Å². The quantitative estimate of drug-likeness (QED) is 0.0576. The molecule has 48 heavy (non-hydrogen) atoms. The van der Waals surface area contributed by atoms with Gasteiger partial charge in [0, 0.05) is 27.4 Å². The average Bonchev–Trinajstić information content (AvgIpc) is 3.09. The fourth-order valence-electron chi connectivity index (χ4n) is 4.57. The van der Waals surface area contributed by atoms with E-state index in [2.05, 4.69) is 16.0 Å². The number of anilines is 2. The van der Waals surface area contributed by atoms with Crippen LogP contribution in [0.25, 0.3) is 6.08 Å². The summed E-state index contributed by atoms with van der Waals surface area (Å²) in [6, 6.07) is 33.5. The molecule has 5 rings (SSSR count). The number of carbonyl (C=O) groups is 4. The topological polar surface area (TPSA) is 145 Å². The number of aromatic hydroxyl groups is 1. The molecule has 0 aliphatic heterocycles. The Morgan fingerprint density at radius 3 is 2.10 bits per heavy atom. The summed E-state index contributed by atoms with van der Waals surface area (Å²) in [7, 11) is 0. The van der Waals surface area contributed by atoms with Crippen molar-refractivity contribution in [2.24, 2.45) is 0 Å².